The van der Waals surface area contributed by atoms with Crippen LogP contribution in [0.15, 0.2) is 48.8 Å². The van der Waals surface area contributed by atoms with E-state index in [4.69, 9.17) is 16.3 Å². The Labute approximate surface area is 178 Å². The van der Waals surface area contributed by atoms with E-state index < -0.39 is 22.9 Å². The van der Waals surface area contributed by atoms with Gasteiger partial charge in [-0.3, -0.25) is 4.79 Å². The zero-order valence-electron chi connectivity index (χ0n) is 17.6. The Bertz CT molecular complexity index is 800. The molecule has 5 heteroatoms. The molecule has 1 aromatic heterocycles. The lowest BCUT2D eigenvalue weighted by Crippen LogP contribution is -2.36. The molecule has 1 aromatic carbocycles. The topological polar surface area (TPSA) is 51.5 Å². The second-order valence-corrected chi connectivity index (χ2v) is 9.11. The van der Waals surface area contributed by atoms with Gasteiger partial charge in [-0.05, 0) is 42.7 Å². The van der Waals surface area contributed by atoms with Gasteiger partial charge in [0.15, 0.2) is 0 Å². The van der Waals surface area contributed by atoms with Crippen molar-refractivity contribution in [3.8, 4) is 0 Å². The van der Waals surface area contributed by atoms with Crippen molar-refractivity contribution in [1.29, 1.82) is 0 Å². The zero-order valence-corrected chi connectivity index (χ0v) is 18.4. The summed E-state index contributed by atoms with van der Waals surface area (Å²) in [5.41, 5.74) is -0.0804. The van der Waals surface area contributed by atoms with E-state index in [2.05, 4.69) is 11.5 Å². The van der Waals surface area contributed by atoms with Crippen molar-refractivity contribution in [3.63, 3.8) is 0 Å². The third kappa shape index (κ3) is 4.24. The van der Waals surface area contributed by atoms with E-state index >= 15 is 0 Å². The Morgan fingerprint density at radius 1 is 1.17 bits per heavy atom. The first-order chi connectivity index (χ1) is 13.8. The molecule has 29 heavy (non-hydrogen) atoms. The monoisotopic (exact) mass is 417 g/mol. The molecule has 2 aromatic rings. The highest BCUT2D eigenvalue weighted by Gasteiger charge is 2.79. The molecule has 1 heterocycles. The van der Waals surface area contributed by atoms with Crippen LogP contribution in [0.5, 0.6) is 0 Å². The summed E-state index contributed by atoms with van der Waals surface area (Å²) in [4.78, 5) is 12.2. The molecule has 1 aliphatic carbocycles. The number of ether oxygens (including phenoxy) is 1. The minimum Gasteiger partial charge on any atom is -0.481 e. The number of aliphatic carboxylic acids is 1. The summed E-state index contributed by atoms with van der Waals surface area (Å²) in [6.45, 7) is 6.82. The predicted molar refractivity (Wildman–Crippen MR) is 116 cm³/mol. The maximum absolute atomic E-state index is 12.2. The zero-order chi connectivity index (χ0) is 21.1. The molecular formula is C24H32ClNO3. The first-order valence-electron chi connectivity index (χ1n) is 10.6. The molecule has 1 N–H and O–H groups in total. The number of unbranched alkanes of at least 4 members (excludes halogenated alkanes) is 3. The molecule has 1 fully saturated rings. The Morgan fingerprint density at radius 3 is 2.38 bits per heavy atom. The molecule has 1 saturated carbocycles. The summed E-state index contributed by atoms with van der Waals surface area (Å²) < 4.78 is 8.65. The van der Waals surface area contributed by atoms with Gasteiger partial charge < -0.3 is 14.4 Å². The van der Waals surface area contributed by atoms with Gasteiger partial charge in [0.1, 0.15) is 5.60 Å². The van der Waals surface area contributed by atoms with E-state index in [1.54, 1.807) is 0 Å². The molecular weight excluding hydrogens is 386 g/mol. The fourth-order valence-electron chi connectivity index (χ4n) is 4.88. The van der Waals surface area contributed by atoms with Crippen molar-refractivity contribution in [1.82, 2.24) is 4.57 Å². The van der Waals surface area contributed by atoms with Crippen LogP contribution in [0.3, 0.4) is 0 Å². The van der Waals surface area contributed by atoms with Crippen molar-refractivity contribution in [2.24, 2.45) is 11.3 Å². The summed E-state index contributed by atoms with van der Waals surface area (Å²) in [7, 11) is 0. The van der Waals surface area contributed by atoms with Crippen molar-refractivity contribution in [2.75, 3.05) is 6.61 Å². The first kappa shape index (κ1) is 21.9. The molecule has 158 valence electrons. The molecule has 3 rings (SSSR count). The second kappa shape index (κ2) is 8.93. The average molecular weight is 418 g/mol. The molecule has 3 unspecified atom stereocenters. The second-order valence-electron chi connectivity index (χ2n) is 8.67. The standard InChI is InChI=1S/C24H32ClNO3/c1-4-5-6-9-16-29-24(21(22(27)28)23(24,2)3)20(26-14-7-8-15-26)17-18-10-12-19(25)13-11-18/h7-8,10-15,20-21H,4-6,9,16-17H2,1-3H3,(H,27,28). The van der Waals surface area contributed by atoms with Crippen molar-refractivity contribution in [3.05, 3.63) is 59.4 Å². The summed E-state index contributed by atoms with van der Waals surface area (Å²) in [5.74, 6) is -1.32. The number of rotatable bonds is 11. The van der Waals surface area contributed by atoms with Crippen molar-refractivity contribution < 1.29 is 14.6 Å². The highest BCUT2D eigenvalue weighted by atomic mass is 35.5. The maximum atomic E-state index is 12.2. The molecule has 0 bridgehead atoms. The van der Waals surface area contributed by atoms with Crippen LogP contribution in [0.25, 0.3) is 0 Å². The van der Waals surface area contributed by atoms with E-state index in [1.807, 2.05) is 62.6 Å². The minimum absolute atomic E-state index is 0.110. The molecule has 0 aliphatic heterocycles. The number of aromatic nitrogens is 1. The van der Waals surface area contributed by atoms with Gasteiger partial charge in [-0.25, -0.2) is 0 Å². The van der Waals surface area contributed by atoms with Crippen molar-refractivity contribution >= 4 is 17.6 Å². The van der Waals surface area contributed by atoms with Gasteiger partial charge in [0.25, 0.3) is 0 Å². The maximum Gasteiger partial charge on any atom is 0.310 e. The van der Waals surface area contributed by atoms with Crippen LogP contribution in [-0.2, 0) is 16.0 Å². The number of carbonyl (C=O) groups is 1. The smallest absolute Gasteiger partial charge is 0.310 e. The number of halogens is 1. The molecule has 0 radical (unpaired) electrons. The number of hydrogen-bond donors (Lipinski definition) is 1. The molecule has 4 nitrogen and oxygen atoms in total. The molecule has 1 aliphatic rings. The van der Waals surface area contributed by atoms with Crippen LogP contribution in [0.2, 0.25) is 5.02 Å². The van der Waals surface area contributed by atoms with Gasteiger partial charge in [0, 0.05) is 29.4 Å². The van der Waals surface area contributed by atoms with Gasteiger partial charge >= 0.3 is 5.97 Å². The van der Waals surface area contributed by atoms with E-state index in [0.29, 0.717) is 18.1 Å². The fraction of sp³-hybridized carbons (Fsp3) is 0.542. The van der Waals surface area contributed by atoms with E-state index in [1.165, 1.54) is 6.42 Å². The van der Waals surface area contributed by atoms with Crippen LogP contribution in [0.1, 0.15) is 58.1 Å². The molecule has 0 saturated heterocycles. The van der Waals surface area contributed by atoms with Crippen LogP contribution in [-0.4, -0.2) is 27.9 Å². The van der Waals surface area contributed by atoms with Gasteiger partial charge in [-0.15, -0.1) is 0 Å². The first-order valence-corrected chi connectivity index (χ1v) is 11.0. The van der Waals surface area contributed by atoms with Crippen LogP contribution in [0, 0.1) is 11.3 Å². The quantitative estimate of drug-likeness (QED) is 0.456. The molecule has 0 amide bonds. The SMILES string of the molecule is CCCCCCOC1(C(Cc2ccc(Cl)cc2)n2cccc2)C(C(=O)O)C1(C)C. The Balaban J connectivity index is 1.93. The lowest BCUT2D eigenvalue weighted by Gasteiger charge is -2.32. The van der Waals surface area contributed by atoms with Gasteiger partial charge in [-0.1, -0.05) is 63.8 Å². The number of carboxylic acids is 1. The molecule has 0 spiro atoms. The lowest BCUT2D eigenvalue weighted by molar-refractivity contribution is -0.142. The van der Waals surface area contributed by atoms with E-state index in [-0.39, 0.29) is 6.04 Å². The summed E-state index contributed by atoms with van der Waals surface area (Å²) in [6.07, 6.45) is 9.11. The van der Waals surface area contributed by atoms with Crippen LogP contribution >= 0.6 is 11.6 Å². The van der Waals surface area contributed by atoms with Gasteiger partial charge in [0.05, 0.1) is 12.0 Å². The lowest BCUT2D eigenvalue weighted by atomic mass is 9.93. The third-order valence-corrected chi connectivity index (χ3v) is 6.74. The van der Waals surface area contributed by atoms with Crippen LogP contribution < -0.4 is 0 Å². The van der Waals surface area contributed by atoms with E-state index in [0.717, 1.165) is 24.8 Å². The van der Waals surface area contributed by atoms with E-state index in [9.17, 15) is 9.90 Å². The number of nitrogens with zero attached hydrogens (tertiary/aromatic N) is 1. The molecule has 3 atom stereocenters. The predicted octanol–water partition coefficient (Wildman–Crippen LogP) is 6.00. The normalized spacial score (nSPS) is 23.7. The third-order valence-electron chi connectivity index (χ3n) is 6.48. The average Bonchev–Trinajstić information content (AvgIpc) is 3.01. The van der Waals surface area contributed by atoms with Crippen molar-refractivity contribution in [2.45, 2.75) is 64.5 Å². The highest BCUT2D eigenvalue weighted by molar-refractivity contribution is 6.30. The Morgan fingerprint density at radius 2 is 1.83 bits per heavy atom. The van der Waals surface area contributed by atoms with Gasteiger partial charge in [-0.2, -0.15) is 0 Å². The summed E-state index contributed by atoms with van der Waals surface area (Å²) in [5, 5.41) is 10.7. The Kier molecular flexibility index (Phi) is 6.75. The Hall–Kier alpha value is -1.78. The highest BCUT2D eigenvalue weighted by Crippen LogP contribution is 2.69. The summed E-state index contributed by atoms with van der Waals surface area (Å²) >= 11 is 6.06. The summed E-state index contributed by atoms with van der Waals surface area (Å²) in [6, 6.07) is 11.6. The number of carboxylic acid groups (broad SMARTS) is 1. The largest absolute Gasteiger partial charge is 0.481 e. The number of hydrogen-bond acceptors (Lipinski definition) is 2. The fourth-order valence-corrected chi connectivity index (χ4v) is 5.01. The van der Waals surface area contributed by atoms with Crippen LogP contribution in [0.4, 0.5) is 0 Å². The minimum atomic E-state index is -0.781. The van der Waals surface area contributed by atoms with Gasteiger partial charge in [0.2, 0.25) is 0 Å². The number of benzene rings is 1.